The van der Waals surface area contributed by atoms with E-state index in [4.69, 9.17) is 0 Å². The first-order valence-electron chi connectivity index (χ1n) is 6.21. The Morgan fingerprint density at radius 3 is 1.38 bits per heavy atom. The van der Waals surface area contributed by atoms with Gasteiger partial charge in [0.1, 0.15) is 0 Å². The molecule has 0 aromatic rings. The van der Waals surface area contributed by atoms with E-state index in [1.54, 1.807) is 6.42 Å². The van der Waals surface area contributed by atoms with E-state index in [0.717, 1.165) is 17.3 Å². The lowest BCUT2D eigenvalue weighted by Gasteiger charge is -2.56. The van der Waals surface area contributed by atoms with Gasteiger partial charge >= 0.3 is 0 Å². The fraction of sp³-hybridized carbons (Fsp3) is 1.00. The Hall–Kier alpha value is 0. The molecule has 2 atom stereocenters. The smallest absolute Gasteiger partial charge is 0.0297 e. The van der Waals surface area contributed by atoms with Crippen LogP contribution < -0.4 is 0 Å². The topological polar surface area (TPSA) is 0 Å². The molecule has 0 heterocycles. The summed E-state index contributed by atoms with van der Waals surface area (Å²) in [6, 6.07) is 0. The summed E-state index contributed by atoms with van der Waals surface area (Å²) < 4.78 is 0. The van der Waals surface area contributed by atoms with Gasteiger partial charge in [-0.1, -0.05) is 48.0 Å². The van der Waals surface area contributed by atoms with E-state index >= 15 is 0 Å². The van der Waals surface area contributed by atoms with Crippen molar-refractivity contribution in [3.63, 3.8) is 0 Å². The second kappa shape index (κ2) is 5.67. The van der Waals surface area contributed by atoms with E-state index in [-0.39, 0.29) is 0 Å². The van der Waals surface area contributed by atoms with Crippen LogP contribution >= 0.6 is 0 Å². The maximum atomic E-state index is 2.45. The first-order chi connectivity index (χ1) is 6.21. The minimum Gasteiger partial charge on any atom is -0.0683 e. The predicted octanol–water partition coefficient (Wildman–Crippen LogP) is 4.89. The van der Waals surface area contributed by atoms with Gasteiger partial charge in [0, 0.05) is 0 Å². The van der Waals surface area contributed by atoms with Crippen LogP contribution in [0, 0.1) is 17.3 Å². The SMILES string of the molecule is CC.CC.CC1(C)C2CCCC1C2. The molecular weight excluding hydrogens is 156 g/mol. The van der Waals surface area contributed by atoms with Crippen molar-refractivity contribution in [1.82, 2.24) is 0 Å². The van der Waals surface area contributed by atoms with Gasteiger partial charge in [-0.3, -0.25) is 0 Å². The van der Waals surface area contributed by atoms with Crippen LogP contribution in [0.4, 0.5) is 0 Å². The van der Waals surface area contributed by atoms with E-state index in [1.165, 1.54) is 19.3 Å². The summed E-state index contributed by atoms with van der Waals surface area (Å²) in [5.74, 6) is 2.19. The van der Waals surface area contributed by atoms with Gasteiger partial charge in [0.05, 0.1) is 0 Å². The largest absolute Gasteiger partial charge is 0.0683 e. The van der Waals surface area contributed by atoms with Crippen LogP contribution in [0.5, 0.6) is 0 Å². The van der Waals surface area contributed by atoms with Crippen LogP contribution in [-0.4, -0.2) is 0 Å². The summed E-state index contributed by atoms with van der Waals surface area (Å²) in [5.41, 5.74) is 0.734. The molecule has 0 N–H and O–H groups in total. The second-order valence-electron chi connectivity index (χ2n) is 4.38. The molecule has 2 bridgehead atoms. The van der Waals surface area contributed by atoms with Crippen LogP contribution in [0.3, 0.4) is 0 Å². The van der Waals surface area contributed by atoms with E-state index in [9.17, 15) is 0 Å². The summed E-state index contributed by atoms with van der Waals surface area (Å²) in [4.78, 5) is 0. The number of rotatable bonds is 0. The molecule has 0 aromatic carbocycles. The Balaban J connectivity index is 0.000000322. The first-order valence-corrected chi connectivity index (χ1v) is 6.21. The Kier molecular flexibility index (Phi) is 5.67. The molecule has 0 spiro atoms. The zero-order valence-corrected chi connectivity index (χ0v) is 10.5. The third-order valence-electron chi connectivity index (χ3n) is 3.78. The van der Waals surface area contributed by atoms with Crippen LogP contribution in [-0.2, 0) is 0 Å². The van der Waals surface area contributed by atoms with Gasteiger partial charge in [0.2, 0.25) is 0 Å². The van der Waals surface area contributed by atoms with Crippen molar-refractivity contribution in [2.75, 3.05) is 0 Å². The zero-order valence-electron chi connectivity index (χ0n) is 10.5. The summed E-state index contributed by atoms with van der Waals surface area (Å²) in [7, 11) is 0. The molecule has 13 heavy (non-hydrogen) atoms. The Bertz CT molecular complexity index is 108. The molecule has 0 heteroatoms. The van der Waals surface area contributed by atoms with Crippen LogP contribution in [0.25, 0.3) is 0 Å². The number of hydrogen-bond acceptors (Lipinski definition) is 0. The van der Waals surface area contributed by atoms with E-state index in [1.807, 2.05) is 27.7 Å². The van der Waals surface area contributed by atoms with Crippen molar-refractivity contribution in [2.45, 2.75) is 67.2 Å². The minimum absolute atomic E-state index is 0.734. The molecule has 3 aliphatic carbocycles. The van der Waals surface area contributed by atoms with E-state index < -0.39 is 0 Å². The number of hydrogen-bond donors (Lipinski definition) is 0. The zero-order chi connectivity index (χ0) is 10.5. The molecule has 80 valence electrons. The van der Waals surface area contributed by atoms with Gasteiger partial charge in [-0.15, -0.1) is 0 Å². The fourth-order valence-electron chi connectivity index (χ4n) is 2.71. The fourth-order valence-corrected chi connectivity index (χ4v) is 2.71. The van der Waals surface area contributed by atoms with Crippen LogP contribution in [0.15, 0.2) is 0 Å². The third-order valence-corrected chi connectivity index (χ3v) is 3.78. The normalized spacial score (nSPS) is 32.8. The molecule has 0 aromatic heterocycles. The van der Waals surface area contributed by atoms with Crippen molar-refractivity contribution in [1.29, 1.82) is 0 Å². The maximum absolute atomic E-state index is 2.45. The molecule has 0 saturated heterocycles. The monoisotopic (exact) mass is 184 g/mol. The lowest BCUT2D eigenvalue weighted by atomic mass is 9.49. The van der Waals surface area contributed by atoms with Crippen LogP contribution in [0.1, 0.15) is 67.2 Å². The third kappa shape index (κ3) is 2.48. The van der Waals surface area contributed by atoms with Crippen LogP contribution in [0.2, 0.25) is 0 Å². The van der Waals surface area contributed by atoms with Gasteiger partial charge in [-0.05, 0) is 36.5 Å². The Morgan fingerprint density at radius 1 is 0.846 bits per heavy atom. The van der Waals surface area contributed by atoms with Crippen molar-refractivity contribution in [3.8, 4) is 0 Å². The maximum Gasteiger partial charge on any atom is -0.0297 e. The number of fused-ring (bicyclic) bond motifs is 2. The molecule has 3 fully saturated rings. The summed E-state index contributed by atoms with van der Waals surface area (Å²) in [6.07, 6.45) is 6.10. The average molecular weight is 184 g/mol. The molecule has 3 aliphatic rings. The molecule has 0 radical (unpaired) electrons. The standard InChI is InChI=1S/C9H16.2C2H6/c1-9(2)7-4-3-5-8(9)6-7;2*1-2/h7-8H,3-6H2,1-2H3;2*1-2H3. The molecule has 3 rings (SSSR count). The van der Waals surface area contributed by atoms with Gasteiger partial charge in [-0.2, -0.15) is 0 Å². The highest BCUT2D eigenvalue weighted by Gasteiger charge is 2.49. The molecule has 2 unspecified atom stereocenters. The quantitative estimate of drug-likeness (QED) is 0.503. The Labute approximate surface area is 85.1 Å². The first kappa shape index (κ1) is 13.0. The average Bonchev–Trinajstić information content (AvgIpc) is 2.25. The van der Waals surface area contributed by atoms with Crippen molar-refractivity contribution in [3.05, 3.63) is 0 Å². The summed E-state index contributed by atoms with van der Waals surface area (Å²) in [5, 5.41) is 0. The molecule has 3 saturated carbocycles. The summed E-state index contributed by atoms with van der Waals surface area (Å²) >= 11 is 0. The lowest BCUT2D eigenvalue weighted by Crippen LogP contribution is -2.47. The van der Waals surface area contributed by atoms with E-state index in [2.05, 4.69) is 13.8 Å². The predicted molar refractivity (Wildman–Crippen MR) is 61.9 cm³/mol. The van der Waals surface area contributed by atoms with Crippen molar-refractivity contribution in [2.24, 2.45) is 17.3 Å². The Morgan fingerprint density at radius 2 is 1.23 bits per heavy atom. The second-order valence-corrected chi connectivity index (χ2v) is 4.38. The lowest BCUT2D eigenvalue weighted by molar-refractivity contribution is -0.0646. The van der Waals surface area contributed by atoms with Crippen molar-refractivity contribution >= 4 is 0 Å². The summed E-state index contributed by atoms with van der Waals surface area (Å²) in [6.45, 7) is 12.9. The van der Waals surface area contributed by atoms with E-state index in [0.29, 0.717) is 0 Å². The highest BCUT2D eigenvalue weighted by molar-refractivity contribution is 4.99. The van der Waals surface area contributed by atoms with Crippen molar-refractivity contribution < 1.29 is 0 Å². The molecule has 0 aliphatic heterocycles. The van der Waals surface area contributed by atoms with Gasteiger partial charge < -0.3 is 0 Å². The molecular formula is C13H28. The molecule has 0 nitrogen and oxygen atoms in total. The highest BCUT2D eigenvalue weighted by Crippen LogP contribution is 2.58. The van der Waals surface area contributed by atoms with Gasteiger partial charge in [0.25, 0.3) is 0 Å². The molecule has 0 amide bonds. The minimum atomic E-state index is 0.734. The van der Waals surface area contributed by atoms with Gasteiger partial charge in [-0.25, -0.2) is 0 Å². The van der Waals surface area contributed by atoms with Gasteiger partial charge in [0.15, 0.2) is 0 Å². The highest BCUT2D eigenvalue weighted by atomic mass is 14.5.